The van der Waals surface area contributed by atoms with Gasteiger partial charge in [0.2, 0.25) is 0 Å². The molecule has 2 heteroatoms. The van der Waals surface area contributed by atoms with Gasteiger partial charge in [0, 0.05) is 12.6 Å². The molecule has 0 heterocycles. The molecule has 1 aliphatic rings. The lowest BCUT2D eigenvalue weighted by Crippen LogP contribution is -2.39. The van der Waals surface area contributed by atoms with Gasteiger partial charge in [-0.2, -0.15) is 0 Å². The Labute approximate surface area is 127 Å². The van der Waals surface area contributed by atoms with Crippen LogP contribution in [0.4, 0.5) is 0 Å². The SMILES string of the molecule is COc1ccc(C2CC(NCc3ccccc3C)C2)cc1. The highest BCUT2D eigenvalue weighted by Crippen LogP contribution is 2.37. The second kappa shape index (κ2) is 6.31. The molecule has 0 bridgehead atoms. The zero-order valence-corrected chi connectivity index (χ0v) is 12.8. The highest BCUT2D eigenvalue weighted by Gasteiger charge is 2.29. The van der Waals surface area contributed by atoms with Crippen molar-refractivity contribution in [1.82, 2.24) is 5.32 Å². The van der Waals surface area contributed by atoms with Gasteiger partial charge in [0.15, 0.2) is 0 Å². The normalized spacial score (nSPS) is 20.9. The fourth-order valence-electron chi connectivity index (χ4n) is 3.00. The predicted molar refractivity (Wildman–Crippen MR) is 86.8 cm³/mol. The Morgan fingerprint density at radius 2 is 1.76 bits per heavy atom. The van der Waals surface area contributed by atoms with E-state index in [1.165, 1.54) is 29.5 Å². The third-order valence-corrected chi connectivity index (χ3v) is 4.57. The Bertz CT molecular complexity index is 585. The van der Waals surface area contributed by atoms with E-state index in [0.717, 1.165) is 12.3 Å². The van der Waals surface area contributed by atoms with Crippen LogP contribution in [-0.4, -0.2) is 13.2 Å². The molecule has 0 saturated heterocycles. The van der Waals surface area contributed by atoms with Crippen molar-refractivity contribution < 1.29 is 4.74 Å². The first-order valence-electron chi connectivity index (χ1n) is 7.68. The second-order valence-electron chi connectivity index (χ2n) is 5.95. The molecule has 0 atom stereocenters. The van der Waals surface area contributed by atoms with Crippen molar-refractivity contribution in [2.24, 2.45) is 0 Å². The van der Waals surface area contributed by atoms with E-state index in [-0.39, 0.29) is 0 Å². The van der Waals surface area contributed by atoms with E-state index in [1.807, 2.05) is 0 Å². The van der Waals surface area contributed by atoms with Crippen molar-refractivity contribution in [3.8, 4) is 5.75 Å². The van der Waals surface area contributed by atoms with Crippen LogP contribution in [0.1, 0.15) is 35.4 Å². The molecular weight excluding hydrogens is 258 g/mol. The smallest absolute Gasteiger partial charge is 0.118 e. The Kier molecular flexibility index (Phi) is 4.26. The standard InChI is InChI=1S/C19H23NO/c1-14-5-3-4-6-16(14)13-20-18-11-17(12-18)15-7-9-19(21-2)10-8-15/h3-10,17-18,20H,11-13H2,1-2H3. The van der Waals surface area contributed by atoms with Crippen molar-refractivity contribution in [2.75, 3.05) is 7.11 Å². The summed E-state index contributed by atoms with van der Waals surface area (Å²) < 4.78 is 5.21. The van der Waals surface area contributed by atoms with E-state index in [0.29, 0.717) is 12.0 Å². The van der Waals surface area contributed by atoms with Crippen LogP contribution in [0.3, 0.4) is 0 Å². The summed E-state index contributed by atoms with van der Waals surface area (Å²) in [4.78, 5) is 0. The minimum Gasteiger partial charge on any atom is -0.497 e. The van der Waals surface area contributed by atoms with Gasteiger partial charge in [0.25, 0.3) is 0 Å². The lowest BCUT2D eigenvalue weighted by molar-refractivity contribution is 0.289. The molecule has 110 valence electrons. The third kappa shape index (κ3) is 3.27. The first kappa shape index (κ1) is 14.2. The number of aryl methyl sites for hydroxylation is 1. The van der Waals surface area contributed by atoms with Crippen molar-refractivity contribution in [2.45, 2.75) is 38.3 Å². The summed E-state index contributed by atoms with van der Waals surface area (Å²) in [6, 6.07) is 17.8. The van der Waals surface area contributed by atoms with Gasteiger partial charge < -0.3 is 10.1 Å². The number of ether oxygens (including phenoxy) is 1. The minimum absolute atomic E-state index is 0.650. The molecule has 1 aliphatic carbocycles. The van der Waals surface area contributed by atoms with Crippen molar-refractivity contribution >= 4 is 0 Å². The molecule has 1 fully saturated rings. The van der Waals surface area contributed by atoms with E-state index in [2.05, 4.69) is 60.8 Å². The molecule has 0 unspecified atom stereocenters. The average Bonchev–Trinajstić information content (AvgIpc) is 2.48. The summed E-state index contributed by atoms with van der Waals surface area (Å²) in [6.45, 7) is 3.16. The topological polar surface area (TPSA) is 21.3 Å². The predicted octanol–water partition coefficient (Wildman–Crippen LogP) is 4.04. The van der Waals surface area contributed by atoms with Crippen LogP contribution in [-0.2, 0) is 6.54 Å². The second-order valence-corrected chi connectivity index (χ2v) is 5.95. The van der Waals surface area contributed by atoms with E-state index in [9.17, 15) is 0 Å². The zero-order valence-electron chi connectivity index (χ0n) is 12.8. The summed E-state index contributed by atoms with van der Waals surface area (Å²) in [6.07, 6.45) is 2.47. The van der Waals surface area contributed by atoms with Crippen LogP contribution < -0.4 is 10.1 Å². The molecule has 2 nitrogen and oxygen atoms in total. The fraction of sp³-hybridized carbons (Fsp3) is 0.368. The van der Waals surface area contributed by atoms with Crippen LogP contribution >= 0.6 is 0 Å². The number of hydrogen-bond acceptors (Lipinski definition) is 2. The number of methoxy groups -OCH3 is 1. The molecule has 0 amide bonds. The van der Waals surface area contributed by atoms with E-state index in [1.54, 1.807) is 7.11 Å². The molecule has 1 N–H and O–H groups in total. The summed E-state index contributed by atoms with van der Waals surface area (Å²) in [5.74, 6) is 1.64. The molecule has 0 aliphatic heterocycles. The van der Waals surface area contributed by atoms with Crippen LogP contribution in [0.25, 0.3) is 0 Å². The first-order valence-corrected chi connectivity index (χ1v) is 7.68. The van der Waals surface area contributed by atoms with Gasteiger partial charge in [-0.15, -0.1) is 0 Å². The number of nitrogens with one attached hydrogen (secondary N) is 1. The Morgan fingerprint density at radius 3 is 2.43 bits per heavy atom. The van der Waals surface area contributed by atoms with E-state index in [4.69, 9.17) is 4.74 Å². The van der Waals surface area contributed by atoms with Crippen LogP contribution in [0.15, 0.2) is 48.5 Å². The van der Waals surface area contributed by atoms with E-state index >= 15 is 0 Å². The lowest BCUT2D eigenvalue weighted by Gasteiger charge is -2.36. The summed E-state index contributed by atoms with van der Waals surface area (Å²) in [7, 11) is 1.71. The molecule has 2 aromatic rings. The monoisotopic (exact) mass is 281 g/mol. The molecule has 1 saturated carbocycles. The maximum atomic E-state index is 5.21. The Balaban J connectivity index is 1.48. The first-order chi connectivity index (χ1) is 10.3. The van der Waals surface area contributed by atoms with Gasteiger partial charge >= 0.3 is 0 Å². The van der Waals surface area contributed by atoms with Gasteiger partial charge in [-0.1, -0.05) is 36.4 Å². The lowest BCUT2D eigenvalue weighted by atomic mass is 9.76. The van der Waals surface area contributed by atoms with Gasteiger partial charge in [-0.3, -0.25) is 0 Å². The van der Waals surface area contributed by atoms with Gasteiger partial charge in [0.05, 0.1) is 7.11 Å². The summed E-state index contributed by atoms with van der Waals surface area (Å²) in [5, 5.41) is 3.67. The van der Waals surface area contributed by atoms with Crippen molar-refractivity contribution in [3.05, 3.63) is 65.2 Å². The van der Waals surface area contributed by atoms with Crippen LogP contribution in [0.2, 0.25) is 0 Å². The van der Waals surface area contributed by atoms with Crippen LogP contribution in [0.5, 0.6) is 5.75 Å². The molecule has 2 aromatic carbocycles. The van der Waals surface area contributed by atoms with Gasteiger partial charge in [0.1, 0.15) is 5.75 Å². The quantitative estimate of drug-likeness (QED) is 0.893. The third-order valence-electron chi connectivity index (χ3n) is 4.57. The fourth-order valence-corrected chi connectivity index (χ4v) is 3.00. The summed E-state index contributed by atoms with van der Waals surface area (Å²) >= 11 is 0. The van der Waals surface area contributed by atoms with Crippen molar-refractivity contribution in [3.63, 3.8) is 0 Å². The van der Waals surface area contributed by atoms with Gasteiger partial charge in [-0.25, -0.2) is 0 Å². The van der Waals surface area contributed by atoms with E-state index < -0.39 is 0 Å². The maximum absolute atomic E-state index is 5.21. The molecule has 21 heavy (non-hydrogen) atoms. The van der Waals surface area contributed by atoms with Crippen molar-refractivity contribution in [1.29, 1.82) is 0 Å². The molecular formula is C19H23NO. The van der Waals surface area contributed by atoms with Gasteiger partial charge in [-0.05, 0) is 54.5 Å². The zero-order chi connectivity index (χ0) is 14.7. The number of rotatable bonds is 5. The molecule has 0 spiro atoms. The maximum Gasteiger partial charge on any atom is 0.118 e. The molecule has 0 aromatic heterocycles. The largest absolute Gasteiger partial charge is 0.497 e. The Morgan fingerprint density at radius 1 is 1.05 bits per heavy atom. The average molecular weight is 281 g/mol. The highest BCUT2D eigenvalue weighted by molar-refractivity contribution is 5.31. The summed E-state index contributed by atoms with van der Waals surface area (Å²) in [5.41, 5.74) is 4.21. The molecule has 3 rings (SSSR count). The number of benzene rings is 2. The number of hydrogen-bond donors (Lipinski definition) is 1. The molecule has 0 radical (unpaired) electrons. The Hall–Kier alpha value is -1.80. The van der Waals surface area contributed by atoms with Crippen LogP contribution in [0, 0.1) is 6.92 Å². The highest BCUT2D eigenvalue weighted by atomic mass is 16.5. The minimum atomic E-state index is 0.650.